The van der Waals surface area contributed by atoms with Gasteiger partial charge in [0.15, 0.2) is 0 Å². The molecule has 0 N–H and O–H groups in total. The first kappa shape index (κ1) is 14.4. The molecule has 1 aromatic carbocycles. The van der Waals surface area contributed by atoms with E-state index in [0.29, 0.717) is 0 Å². The summed E-state index contributed by atoms with van der Waals surface area (Å²) in [5.74, 6) is -0.494. The van der Waals surface area contributed by atoms with Crippen LogP contribution >= 0.6 is 0 Å². The lowest BCUT2D eigenvalue weighted by atomic mass is 10.2. The van der Waals surface area contributed by atoms with Crippen molar-refractivity contribution in [2.75, 3.05) is 0 Å². The highest BCUT2D eigenvalue weighted by molar-refractivity contribution is 7.87. The number of hydrogen-bond acceptors (Lipinski definition) is 4. The van der Waals surface area contributed by atoms with Crippen LogP contribution in [0.5, 0.6) is 5.88 Å². The van der Waals surface area contributed by atoms with Crippen LogP contribution in [0, 0.1) is 0 Å². The molecule has 0 saturated carbocycles. The summed E-state index contributed by atoms with van der Waals surface area (Å²) in [5, 5.41) is 3.74. The van der Waals surface area contributed by atoms with Crippen LogP contribution in [0.3, 0.4) is 0 Å². The van der Waals surface area contributed by atoms with E-state index >= 15 is 0 Å². The zero-order chi connectivity index (χ0) is 14.8. The maximum atomic E-state index is 12.2. The van der Waals surface area contributed by atoms with Crippen LogP contribution in [-0.4, -0.2) is 23.7 Å². The molecule has 0 radical (unpaired) electrons. The summed E-state index contributed by atoms with van der Waals surface area (Å²) in [6.45, 7) is 0.0938. The van der Waals surface area contributed by atoms with Gasteiger partial charge < -0.3 is 4.18 Å². The van der Waals surface area contributed by atoms with Crippen LogP contribution in [-0.2, 0) is 16.7 Å². The van der Waals surface area contributed by atoms with E-state index in [0.717, 1.165) is 22.5 Å². The van der Waals surface area contributed by atoms with E-state index < -0.39 is 21.5 Å². The summed E-state index contributed by atoms with van der Waals surface area (Å²) in [5.41, 5.74) is -4.74. The Kier molecular flexibility index (Phi) is 3.71. The standard InChI is InChI=1S/C11H9F3N2O3S/c12-11(13,14)20(17,18)19-10-6-7-15-16(10)8-9-4-2-1-3-5-9/h1-7H,8H2. The zero-order valence-electron chi connectivity index (χ0n) is 9.91. The number of alkyl halides is 3. The third kappa shape index (κ3) is 3.10. The molecule has 2 rings (SSSR count). The number of hydrogen-bond donors (Lipinski definition) is 0. The minimum atomic E-state index is -5.70. The Morgan fingerprint density at radius 1 is 1.15 bits per heavy atom. The Hall–Kier alpha value is -2.03. The van der Waals surface area contributed by atoms with Crippen LogP contribution in [0.15, 0.2) is 42.6 Å². The van der Waals surface area contributed by atoms with Crippen molar-refractivity contribution in [1.29, 1.82) is 0 Å². The van der Waals surface area contributed by atoms with Gasteiger partial charge in [-0.1, -0.05) is 30.3 Å². The molecule has 108 valence electrons. The van der Waals surface area contributed by atoms with Gasteiger partial charge in [-0.25, -0.2) is 4.68 Å². The molecule has 0 amide bonds. The fraction of sp³-hybridized carbons (Fsp3) is 0.182. The molecule has 0 aliphatic carbocycles. The molecule has 9 heteroatoms. The van der Waals surface area contributed by atoms with E-state index in [-0.39, 0.29) is 6.54 Å². The van der Waals surface area contributed by atoms with E-state index in [2.05, 4.69) is 9.28 Å². The second-order valence-corrected chi connectivity index (χ2v) is 5.33. The molecule has 0 fully saturated rings. The first-order chi connectivity index (χ1) is 9.29. The third-order valence-corrected chi connectivity index (χ3v) is 3.29. The van der Waals surface area contributed by atoms with Gasteiger partial charge in [0.05, 0.1) is 12.7 Å². The summed E-state index contributed by atoms with van der Waals surface area (Å²) in [6.07, 6.45) is 1.16. The SMILES string of the molecule is O=S(=O)(Oc1ccnn1Cc1ccccc1)C(F)(F)F. The molecule has 0 spiro atoms. The number of halogens is 3. The van der Waals surface area contributed by atoms with Gasteiger partial charge in [-0.05, 0) is 5.56 Å². The fourth-order valence-electron chi connectivity index (χ4n) is 1.43. The van der Waals surface area contributed by atoms with Crippen molar-refractivity contribution < 1.29 is 25.8 Å². The largest absolute Gasteiger partial charge is 0.534 e. The Bertz CT molecular complexity index is 680. The fourth-order valence-corrected chi connectivity index (χ4v) is 1.89. The lowest BCUT2D eigenvalue weighted by Gasteiger charge is -2.11. The molecule has 0 aliphatic rings. The summed E-state index contributed by atoms with van der Waals surface area (Å²) in [6, 6.07) is 9.76. The summed E-state index contributed by atoms with van der Waals surface area (Å²) < 4.78 is 63.7. The van der Waals surface area contributed by atoms with E-state index in [1.807, 2.05) is 0 Å². The summed E-state index contributed by atoms with van der Waals surface area (Å²) >= 11 is 0. The van der Waals surface area contributed by atoms with E-state index in [1.165, 1.54) is 0 Å². The summed E-state index contributed by atoms with van der Waals surface area (Å²) in [4.78, 5) is 0. The average molecular weight is 306 g/mol. The van der Waals surface area contributed by atoms with Crippen molar-refractivity contribution in [3.8, 4) is 5.88 Å². The molecule has 2 aromatic rings. The predicted octanol–water partition coefficient (Wildman–Crippen LogP) is 2.16. The molecule has 0 aliphatic heterocycles. The van der Waals surface area contributed by atoms with Gasteiger partial charge in [0, 0.05) is 6.07 Å². The number of rotatable bonds is 4. The normalized spacial score (nSPS) is 12.3. The molecule has 5 nitrogen and oxygen atoms in total. The molecular formula is C11H9F3N2O3S. The Labute approximate surface area is 112 Å². The van der Waals surface area contributed by atoms with E-state index in [1.54, 1.807) is 30.3 Å². The van der Waals surface area contributed by atoms with Crippen LogP contribution < -0.4 is 4.18 Å². The third-order valence-electron chi connectivity index (χ3n) is 2.33. The lowest BCUT2D eigenvalue weighted by Crippen LogP contribution is -2.29. The van der Waals surface area contributed by atoms with E-state index in [9.17, 15) is 21.6 Å². The van der Waals surface area contributed by atoms with Gasteiger partial charge in [0.2, 0.25) is 5.88 Å². The van der Waals surface area contributed by atoms with Crippen LogP contribution in [0.1, 0.15) is 5.56 Å². The first-order valence-electron chi connectivity index (χ1n) is 5.36. The Morgan fingerprint density at radius 2 is 1.80 bits per heavy atom. The van der Waals surface area contributed by atoms with Gasteiger partial charge in [0.1, 0.15) is 0 Å². The molecule has 1 heterocycles. The van der Waals surface area contributed by atoms with Crippen molar-refractivity contribution in [3.63, 3.8) is 0 Å². The Morgan fingerprint density at radius 3 is 2.40 bits per heavy atom. The van der Waals surface area contributed by atoms with Gasteiger partial charge in [-0.2, -0.15) is 26.7 Å². The molecule has 0 atom stereocenters. The zero-order valence-corrected chi connectivity index (χ0v) is 10.7. The van der Waals surface area contributed by atoms with E-state index in [4.69, 9.17) is 0 Å². The molecule has 0 unspecified atom stereocenters. The Balaban J connectivity index is 2.22. The molecule has 20 heavy (non-hydrogen) atoms. The minimum absolute atomic E-state index is 0.0938. The monoisotopic (exact) mass is 306 g/mol. The van der Waals surface area contributed by atoms with Crippen molar-refractivity contribution >= 4 is 10.1 Å². The molecular weight excluding hydrogens is 297 g/mol. The lowest BCUT2D eigenvalue weighted by molar-refractivity contribution is -0.0502. The molecule has 1 aromatic heterocycles. The van der Waals surface area contributed by atoms with Gasteiger partial charge in [-0.3, -0.25) is 0 Å². The second kappa shape index (κ2) is 5.16. The highest BCUT2D eigenvalue weighted by Gasteiger charge is 2.49. The van der Waals surface area contributed by atoms with Crippen LogP contribution in [0.2, 0.25) is 0 Å². The van der Waals surface area contributed by atoms with Crippen molar-refractivity contribution in [2.45, 2.75) is 12.1 Å². The average Bonchev–Trinajstić information content (AvgIpc) is 2.76. The maximum absolute atomic E-state index is 12.2. The minimum Gasteiger partial charge on any atom is -0.356 e. The van der Waals surface area contributed by atoms with Crippen molar-refractivity contribution in [2.24, 2.45) is 0 Å². The summed E-state index contributed by atoms with van der Waals surface area (Å²) in [7, 11) is -5.70. The predicted molar refractivity (Wildman–Crippen MR) is 63.4 cm³/mol. The van der Waals surface area contributed by atoms with Gasteiger partial charge in [-0.15, -0.1) is 0 Å². The second-order valence-electron chi connectivity index (χ2n) is 3.80. The number of benzene rings is 1. The highest BCUT2D eigenvalue weighted by atomic mass is 32.2. The maximum Gasteiger partial charge on any atom is 0.534 e. The van der Waals surface area contributed by atoms with Crippen LogP contribution in [0.4, 0.5) is 13.2 Å². The molecule has 0 saturated heterocycles. The van der Waals surface area contributed by atoms with Crippen molar-refractivity contribution in [1.82, 2.24) is 9.78 Å². The number of nitrogens with zero attached hydrogens (tertiary/aromatic N) is 2. The van der Waals surface area contributed by atoms with Crippen LogP contribution in [0.25, 0.3) is 0 Å². The topological polar surface area (TPSA) is 61.2 Å². The quantitative estimate of drug-likeness (QED) is 0.641. The van der Waals surface area contributed by atoms with Gasteiger partial charge >= 0.3 is 15.6 Å². The van der Waals surface area contributed by atoms with Crippen molar-refractivity contribution in [3.05, 3.63) is 48.2 Å². The molecule has 0 bridgehead atoms. The van der Waals surface area contributed by atoms with Gasteiger partial charge in [0.25, 0.3) is 0 Å². The highest BCUT2D eigenvalue weighted by Crippen LogP contribution is 2.26. The smallest absolute Gasteiger partial charge is 0.356 e. The number of aromatic nitrogens is 2. The first-order valence-corrected chi connectivity index (χ1v) is 6.77.